The maximum Gasteiger partial charge on any atom is 0.397 e. The molecule has 0 N–H and O–H groups in total. The van der Waals surface area contributed by atoms with Crippen LogP contribution in [0.15, 0.2) is 30.3 Å². The fraction of sp³-hybridized carbons (Fsp3) is 0.500. The Morgan fingerprint density at radius 3 is 2.60 bits per heavy atom. The molecule has 1 aromatic carbocycles. The molecule has 0 bridgehead atoms. The number of amides is 1. The van der Waals surface area contributed by atoms with Crippen LogP contribution in [0.4, 0.5) is 0 Å². The third kappa shape index (κ3) is 3.00. The monoisotopic (exact) mass is 275 g/mol. The Kier molecular flexibility index (Phi) is 4.77. The second-order valence-electron chi connectivity index (χ2n) is 5.14. The lowest BCUT2D eigenvalue weighted by atomic mass is 9.91. The van der Waals surface area contributed by atoms with Crippen LogP contribution in [0.25, 0.3) is 0 Å². The minimum Gasteiger partial charge on any atom is -0.459 e. The van der Waals surface area contributed by atoms with E-state index in [2.05, 4.69) is 0 Å². The van der Waals surface area contributed by atoms with Crippen molar-refractivity contribution in [3.05, 3.63) is 35.9 Å². The summed E-state index contributed by atoms with van der Waals surface area (Å²) < 4.78 is 4.86. The van der Waals surface area contributed by atoms with Crippen LogP contribution in [-0.4, -0.2) is 29.4 Å². The lowest BCUT2D eigenvalue weighted by Gasteiger charge is -2.40. The molecule has 1 saturated heterocycles. The van der Waals surface area contributed by atoms with Crippen molar-refractivity contribution in [1.29, 1.82) is 0 Å². The summed E-state index contributed by atoms with van der Waals surface area (Å²) in [4.78, 5) is 25.8. The standard InChI is InChI=1S/C16H21NO3/c1-3-20-16(19)15(18)17-12(2)8-7-11-14(17)13-9-5-4-6-10-13/h4-6,9-10,12,14H,3,7-8,11H2,1-2H3/t12-,14-/m0/s1. The Balaban J connectivity index is 2.25. The fourth-order valence-corrected chi connectivity index (χ4v) is 2.83. The lowest BCUT2D eigenvalue weighted by Crippen LogP contribution is -2.47. The Morgan fingerprint density at radius 2 is 1.95 bits per heavy atom. The zero-order valence-corrected chi connectivity index (χ0v) is 12.0. The van der Waals surface area contributed by atoms with Gasteiger partial charge in [-0.3, -0.25) is 4.79 Å². The smallest absolute Gasteiger partial charge is 0.397 e. The maximum atomic E-state index is 12.3. The highest BCUT2D eigenvalue weighted by Gasteiger charge is 2.36. The van der Waals surface area contributed by atoms with Gasteiger partial charge in [-0.25, -0.2) is 4.79 Å². The number of nitrogens with zero attached hydrogens (tertiary/aromatic N) is 1. The Hall–Kier alpha value is -1.84. The third-order valence-electron chi connectivity index (χ3n) is 3.78. The topological polar surface area (TPSA) is 46.6 Å². The average molecular weight is 275 g/mol. The molecule has 0 aromatic heterocycles. The van der Waals surface area contributed by atoms with Crippen LogP contribution < -0.4 is 0 Å². The molecule has 0 saturated carbocycles. The normalized spacial score (nSPS) is 22.4. The Labute approximate surface area is 119 Å². The molecule has 1 aliphatic rings. The molecule has 20 heavy (non-hydrogen) atoms. The molecule has 4 nitrogen and oxygen atoms in total. The summed E-state index contributed by atoms with van der Waals surface area (Å²) in [7, 11) is 0. The van der Waals surface area contributed by atoms with Crippen LogP contribution in [0.5, 0.6) is 0 Å². The summed E-state index contributed by atoms with van der Waals surface area (Å²) in [6, 6.07) is 9.92. The molecule has 1 heterocycles. The number of carbonyl (C=O) groups excluding carboxylic acids is 2. The van der Waals surface area contributed by atoms with Crippen LogP contribution in [0.1, 0.15) is 44.7 Å². The molecule has 1 aromatic rings. The van der Waals surface area contributed by atoms with Gasteiger partial charge in [-0.2, -0.15) is 0 Å². The molecule has 0 aliphatic carbocycles. The molecule has 108 valence electrons. The van der Waals surface area contributed by atoms with E-state index in [-0.39, 0.29) is 18.7 Å². The highest BCUT2D eigenvalue weighted by Crippen LogP contribution is 2.34. The first kappa shape index (κ1) is 14.6. The summed E-state index contributed by atoms with van der Waals surface area (Å²) >= 11 is 0. The lowest BCUT2D eigenvalue weighted by molar-refractivity contribution is -0.163. The fourth-order valence-electron chi connectivity index (χ4n) is 2.83. The number of benzene rings is 1. The van der Waals surface area contributed by atoms with E-state index < -0.39 is 11.9 Å². The third-order valence-corrected chi connectivity index (χ3v) is 3.78. The van der Waals surface area contributed by atoms with Gasteiger partial charge in [-0.1, -0.05) is 30.3 Å². The van der Waals surface area contributed by atoms with Crippen molar-refractivity contribution in [3.63, 3.8) is 0 Å². The molecule has 2 rings (SSSR count). The van der Waals surface area contributed by atoms with Crippen molar-refractivity contribution in [3.8, 4) is 0 Å². The number of ether oxygens (including phenoxy) is 1. The molecular weight excluding hydrogens is 254 g/mol. The number of likely N-dealkylation sites (tertiary alicyclic amines) is 1. The van der Waals surface area contributed by atoms with Gasteiger partial charge in [0.1, 0.15) is 0 Å². The van der Waals surface area contributed by atoms with Crippen LogP contribution in [-0.2, 0) is 14.3 Å². The van der Waals surface area contributed by atoms with Gasteiger partial charge in [0.25, 0.3) is 0 Å². The molecule has 0 spiro atoms. The van der Waals surface area contributed by atoms with E-state index in [1.54, 1.807) is 11.8 Å². The number of rotatable bonds is 2. The van der Waals surface area contributed by atoms with Gasteiger partial charge in [0.2, 0.25) is 0 Å². The average Bonchev–Trinajstić information content (AvgIpc) is 2.47. The predicted octanol–water partition coefficient (Wildman–Crippen LogP) is 2.69. The molecule has 1 aliphatic heterocycles. The minimum atomic E-state index is -0.748. The van der Waals surface area contributed by atoms with Gasteiger partial charge in [-0.15, -0.1) is 0 Å². The van der Waals surface area contributed by atoms with Gasteiger partial charge < -0.3 is 9.64 Å². The molecule has 1 fully saturated rings. The highest BCUT2D eigenvalue weighted by molar-refractivity contribution is 6.32. The van der Waals surface area contributed by atoms with Gasteiger partial charge in [0, 0.05) is 6.04 Å². The first-order valence-electron chi connectivity index (χ1n) is 7.19. The molecule has 2 atom stereocenters. The van der Waals surface area contributed by atoms with E-state index in [1.165, 1.54) is 0 Å². The molecule has 1 amide bonds. The van der Waals surface area contributed by atoms with Crippen molar-refractivity contribution in [2.75, 3.05) is 6.61 Å². The van der Waals surface area contributed by atoms with E-state index in [0.29, 0.717) is 0 Å². The summed E-state index contributed by atoms with van der Waals surface area (Å²) in [6.07, 6.45) is 2.88. The molecule has 4 heteroatoms. The minimum absolute atomic E-state index is 0.0307. The summed E-state index contributed by atoms with van der Waals surface area (Å²) in [6.45, 7) is 3.93. The largest absolute Gasteiger partial charge is 0.459 e. The van der Waals surface area contributed by atoms with Crippen molar-refractivity contribution in [1.82, 2.24) is 4.90 Å². The second kappa shape index (κ2) is 6.55. The summed E-state index contributed by atoms with van der Waals surface area (Å²) in [5, 5.41) is 0. The van der Waals surface area contributed by atoms with E-state index in [9.17, 15) is 9.59 Å². The van der Waals surface area contributed by atoms with Gasteiger partial charge in [0.15, 0.2) is 0 Å². The zero-order valence-electron chi connectivity index (χ0n) is 12.0. The summed E-state index contributed by atoms with van der Waals surface area (Å²) in [5.74, 6) is -1.27. The van der Waals surface area contributed by atoms with Gasteiger partial charge in [0.05, 0.1) is 12.6 Å². The number of hydrogen-bond donors (Lipinski definition) is 0. The number of esters is 1. The number of piperidine rings is 1. The zero-order chi connectivity index (χ0) is 14.5. The van der Waals surface area contributed by atoms with Gasteiger partial charge >= 0.3 is 11.9 Å². The van der Waals surface area contributed by atoms with Gasteiger partial charge in [-0.05, 0) is 38.7 Å². The molecule has 0 radical (unpaired) electrons. The van der Waals surface area contributed by atoms with E-state index >= 15 is 0 Å². The van der Waals surface area contributed by atoms with Crippen molar-refractivity contribution < 1.29 is 14.3 Å². The Morgan fingerprint density at radius 1 is 1.25 bits per heavy atom. The van der Waals surface area contributed by atoms with Crippen LogP contribution in [0, 0.1) is 0 Å². The molecular formula is C16H21NO3. The van der Waals surface area contributed by atoms with Crippen molar-refractivity contribution >= 4 is 11.9 Å². The summed E-state index contributed by atoms with van der Waals surface area (Å²) in [5.41, 5.74) is 1.08. The van der Waals surface area contributed by atoms with Crippen molar-refractivity contribution in [2.45, 2.75) is 45.2 Å². The number of hydrogen-bond acceptors (Lipinski definition) is 3. The second-order valence-corrected chi connectivity index (χ2v) is 5.14. The highest BCUT2D eigenvalue weighted by atomic mass is 16.5. The first-order valence-corrected chi connectivity index (χ1v) is 7.19. The van der Waals surface area contributed by atoms with Crippen LogP contribution >= 0.6 is 0 Å². The van der Waals surface area contributed by atoms with Crippen molar-refractivity contribution in [2.24, 2.45) is 0 Å². The maximum absolute atomic E-state index is 12.3. The Bertz CT molecular complexity index is 472. The predicted molar refractivity (Wildman–Crippen MR) is 76.0 cm³/mol. The first-order chi connectivity index (χ1) is 9.65. The number of carbonyl (C=O) groups is 2. The van der Waals surface area contributed by atoms with Crippen LogP contribution in [0.3, 0.4) is 0 Å². The van der Waals surface area contributed by atoms with E-state index in [1.807, 2.05) is 37.3 Å². The molecule has 0 unspecified atom stereocenters. The van der Waals surface area contributed by atoms with E-state index in [0.717, 1.165) is 24.8 Å². The van der Waals surface area contributed by atoms with Crippen LogP contribution in [0.2, 0.25) is 0 Å². The van der Waals surface area contributed by atoms with E-state index in [4.69, 9.17) is 4.74 Å². The SMILES string of the molecule is CCOC(=O)C(=O)N1[C@@H](C)CCC[C@H]1c1ccccc1. The quantitative estimate of drug-likeness (QED) is 0.616.